The first-order chi connectivity index (χ1) is 13.8. The van der Waals surface area contributed by atoms with Crippen LogP contribution in [0.2, 0.25) is 0 Å². The molecule has 2 N–H and O–H groups in total. The number of benzene rings is 1. The molecule has 1 amide bonds. The van der Waals surface area contributed by atoms with Gasteiger partial charge in [0.05, 0.1) is 0 Å². The summed E-state index contributed by atoms with van der Waals surface area (Å²) < 4.78 is 0. The highest BCUT2D eigenvalue weighted by Gasteiger charge is 2.61. The van der Waals surface area contributed by atoms with Crippen molar-refractivity contribution in [3.8, 4) is 0 Å². The lowest BCUT2D eigenvalue weighted by atomic mass is 9.44. The molecular weight excluding hydrogens is 356 g/mol. The smallest absolute Gasteiger partial charge is 0.222 e. The van der Waals surface area contributed by atoms with E-state index in [0.29, 0.717) is 23.8 Å². The van der Waals surface area contributed by atoms with E-state index in [0.717, 1.165) is 30.4 Å². The largest absolute Gasteiger partial charge is 0.399 e. The quantitative estimate of drug-likeness (QED) is 0.653. The lowest BCUT2D eigenvalue weighted by molar-refractivity contribution is -0.162. The van der Waals surface area contributed by atoms with Gasteiger partial charge in [0.25, 0.3) is 0 Å². The van der Waals surface area contributed by atoms with Gasteiger partial charge >= 0.3 is 0 Å². The van der Waals surface area contributed by atoms with Gasteiger partial charge < -0.3 is 10.6 Å². The number of allylic oxidation sites excluding steroid dienone is 2. The minimum atomic E-state index is 0.253. The van der Waals surface area contributed by atoms with Gasteiger partial charge in [-0.3, -0.25) is 4.79 Å². The number of hydrogen-bond acceptors (Lipinski definition) is 2. The molecule has 156 valence electrons. The summed E-state index contributed by atoms with van der Waals surface area (Å²) in [6.45, 7) is 7.50. The fourth-order valence-corrected chi connectivity index (χ4v) is 8.19. The predicted octanol–water partition coefficient (Wildman–Crippen LogP) is 5.37. The first kappa shape index (κ1) is 19.2. The van der Waals surface area contributed by atoms with Crippen molar-refractivity contribution in [3.63, 3.8) is 0 Å². The molecule has 2 saturated carbocycles. The predicted molar refractivity (Wildman–Crippen MR) is 119 cm³/mol. The van der Waals surface area contributed by atoms with E-state index in [1.807, 2.05) is 6.07 Å². The summed E-state index contributed by atoms with van der Waals surface area (Å²) in [5, 5.41) is 0. The zero-order valence-electron chi connectivity index (χ0n) is 18.4. The Morgan fingerprint density at radius 2 is 1.97 bits per heavy atom. The monoisotopic (exact) mass is 392 g/mol. The van der Waals surface area contributed by atoms with Crippen molar-refractivity contribution in [2.75, 3.05) is 12.8 Å². The second-order valence-corrected chi connectivity index (χ2v) is 11.0. The van der Waals surface area contributed by atoms with E-state index in [9.17, 15) is 4.79 Å². The van der Waals surface area contributed by atoms with Crippen molar-refractivity contribution in [2.24, 2.45) is 34.5 Å². The Kier molecular flexibility index (Phi) is 4.21. The van der Waals surface area contributed by atoms with Crippen LogP contribution in [0.25, 0.3) is 5.57 Å². The van der Waals surface area contributed by atoms with E-state index in [1.54, 1.807) is 0 Å². The lowest BCUT2D eigenvalue weighted by Crippen LogP contribution is -2.63. The van der Waals surface area contributed by atoms with Gasteiger partial charge in [-0.2, -0.15) is 0 Å². The number of carbonyl (C=O) groups is 1. The van der Waals surface area contributed by atoms with Crippen LogP contribution in [0, 0.1) is 34.5 Å². The minimum Gasteiger partial charge on any atom is -0.399 e. The number of nitrogens with zero attached hydrogens (tertiary/aromatic N) is 1. The SMILES string of the molecule is C[C@H]1C[C@H]2N(C)C(=O)CC[C@]2(C)[C@H]2CC[C@]3(C)C(c4cccc(N)c4)=CC[C@H]3[C@H]12. The van der Waals surface area contributed by atoms with E-state index in [2.05, 4.69) is 57.0 Å². The molecule has 0 spiro atoms. The summed E-state index contributed by atoms with van der Waals surface area (Å²) in [6.07, 6.45) is 9.24. The van der Waals surface area contributed by atoms with Gasteiger partial charge in [-0.1, -0.05) is 39.0 Å². The van der Waals surface area contributed by atoms with Crippen molar-refractivity contribution in [1.82, 2.24) is 4.90 Å². The Labute approximate surface area is 175 Å². The Bertz CT molecular complexity index is 875. The van der Waals surface area contributed by atoms with Crippen LogP contribution in [0.15, 0.2) is 30.3 Å². The first-order valence-corrected chi connectivity index (χ1v) is 11.6. The highest BCUT2D eigenvalue weighted by Crippen LogP contribution is 2.67. The molecule has 0 bridgehead atoms. The molecule has 1 aromatic carbocycles. The normalized spacial score (nSPS) is 44.0. The fraction of sp³-hybridized carbons (Fsp3) is 0.654. The molecule has 0 radical (unpaired) electrons. The highest BCUT2D eigenvalue weighted by molar-refractivity contribution is 5.77. The maximum absolute atomic E-state index is 12.4. The van der Waals surface area contributed by atoms with Crippen molar-refractivity contribution < 1.29 is 4.79 Å². The number of carbonyl (C=O) groups excluding carboxylic acids is 1. The van der Waals surface area contributed by atoms with Crippen molar-refractivity contribution >= 4 is 17.2 Å². The third kappa shape index (κ3) is 2.58. The van der Waals surface area contributed by atoms with E-state index in [-0.39, 0.29) is 10.8 Å². The molecule has 7 atom stereocenters. The Balaban J connectivity index is 1.49. The molecule has 1 aromatic rings. The molecule has 3 fully saturated rings. The average molecular weight is 393 g/mol. The van der Waals surface area contributed by atoms with E-state index < -0.39 is 0 Å². The van der Waals surface area contributed by atoms with Crippen molar-refractivity contribution in [3.05, 3.63) is 35.9 Å². The summed E-state index contributed by atoms with van der Waals surface area (Å²) in [7, 11) is 2.05. The van der Waals surface area contributed by atoms with Crippen molar-refractivity contribution in [1.29, 1.82) is 0 Å². The van der Waals surface area contributed by atoms with Gasteiger partial charge in [0.2, 0.25) is 5.91 Å². The number of likely N-dealkylation sites (tertiary alicyclic amines) is 1. The van der Waals surface area contributed by atoms with Gasteiger partial charge in [-0.05, 0) is 89.9 Å². The second kappa shape index (κ2) is 6.36. The third-order valence-corrected chi connectivity index (χ3v) is 9.71. The molecule has 1 aliphatic heterocycles. The van der Waals surface area contributed by atoms with Crippen LogP contribution in [0.3, 0.4) is 0 Å². The zero-order valence-corrected chi connectivity index (χ0v) is 18.4. The number of piperidine rings is 1. The van der Waals surface area contributed by atoms with Gasteiger partial charge in [0.1, 0.15) is 0 Å². The van der Waals surface area contributed by atoms with Gasteiger partial charge in [0, 0.05) is 25.2 Å². The minimum absolute atomic E-state index is 0.253. The fourth-order valence-electron chi connectivity index (χ4n) is 8.19. The molecule has 3 heteroatoms. The standard InChI is InChI=1S/C26H36N2O/c1-16-14-22-26(3,13-11-23(29)28(22)4)21-10-12-25(2)19(8-9-20(25)24(16)21)17-6-5-7-18(27)15-17/h5-8,15-16,20-22,24H,9-14,27H2,1-4H3/t16-,20-,21-,22+,24-,25+,26+/m0/s1. The summed E-state index contributed by atoms with van der Waals surface area (Å²) in [6, 6.07) is 8.91. The maximum Gasteiger partial charge on any atom is 0.222 e. The molecule has 1 heterocycles. The average Bonchev–Trinajstić information content (AvgIpc) is 3.04. The lowest BCUT2D eigenvalue weighted by Gasteiger charge is -2.63. The Hall–Kier alpha value is -1.77. The van der Waals surface area contributed by atoms with Gasteiger partial charge in [-0.15, -0.1) is 0 Å². The van der Waals surface area contributed by atoms with Gasteiger partial charge in [0.15, 0.2) is 0 Å². The molecule has 3 aliphatic carbocycles. The second-order valence-electron chi connectivity index (χ2n) is 11.0. The van der Waals surface area contributed by atoms with Crippen LogP contribution in [0.1, 0.15) is 64.9 Å². The van der Waals surface area contributed by atoms with E-state index in [1.165, 1.54) is 36.8 Å². The number of amides is 1. The topological polar surface area (TPSA) is 46.3 Å². The number of hydrogen-bond donors (Lipinski definition) is 1. The van der Waals surface area contributed by atoms with Crippen LogP contribution in [-0.2, 0) is 4.79 Å². The first-order valence-electron chi connectivity index (χ1n) is 11.6. The number of anilines is 1. The molecule has 3 nitrogen and oxygen atoms in total. The molecule has 0 unspecified atom stereocenters. The number of fused-ring (bicyclic) bond motifs is 5. The molecule has 1 saturated heterocycles. The maximum atomic E-state index is 12.4. The molecule has 29 heavy (non-hydrogen) atoms. The van der Waals surface area contributed by atoms with Crippen LogP contribution in [0.4, 0.5) is 5.69 Å². The van der Waals surface area contributed by atoms with Crippen molar-refractivity contribution in [2.45, 2.75) is 65.3 Å². The zero-order chi connectivity index (χ0) is 20.6. The number of rotatable bonds is 1. The Morgan fingerprint density at radius 3 is 2.72 bits per heavy atom. The van der Waals surface area contributed by atoms with Gasteiger partial charge in [-0.25, -0.2) is 0 Å². The highest BCUT2D eigenvalue weighted by atomic mass is 16.2. The van der Waals surface area contributed by atoms with Crippen LogP contribution in [0.5, 0.6) is 0 Å². The van der Waals surface area contributed by atoms with E-state index >= 15 is 0 Å². The number of nitrogen functional groups attached to an aromatic ring is 1. The number of nitrogens with two attached hydrogens (primary N) is 1. The van der Waals surface area contributed by atoms with Crippen LogP contribution >= 0.6 is 0 Å². The molecule has 5 rings (SSSR count). The molecule has 0 aromatic heterocycles. The summed E-state index contributed by atoms with van der Waals surface area (Å²) >= 11 is 0. The summed E-state index contributed by atoms with van der Waals surface area (Å²) in [4.78, 5) is 14.5. The van der Waals surface area contributed by atoms with E-state index in [4.69, 9.17) is 5.73 Å². The summed E-state index contributed by atoms with van der Waals surface area (Å²) in [5.74, 6) is 3.23. The molecule has 4 aliphatic rings. The van der Waals surface area contributed by atoms with Crippen LogP contribution in [-0.4, -0.2) is 23.9 Å². The Morgan fingerprint density at radius 1 is 1.17 bits per heavy atom. The van der Waals surface area contributed by atoms with Crippen LogP contribution < -0.4 is 5.73 Å². The molecular formula is C26H36N2O. The summed E-state index contributed by atoms with van der Waals surface area (Å²) in [5.41, 5.74) is 10.4. The third-order valence-electron chi connectivity index (χ3n) is 9.71.